The summed E-state index contributed by atoms with van der Waals surface area (Å²) < 4.78 is 0. The molecule has 0 bridgehead atoms. The molecule has 0 heterocycles. The number of carbonyl (C=O) groups is 1. The third kappa shape index (κ3) is 2.99. The van der Waals surface area contributed by atoms with Crippen molar-refractivity contribution in [2.45, 2.75) is 26.7 Å². The van der Waals surface area contributed by atoms with Crippen LogP contribution < -0.4 is 5.32 Å². The molecule has 104 valence electrons. The predicted molar refractivity (Wildman–Crippen MR) is 81.3 cm³/mol. The minimum atomic E-state index is -0.212. The predicted octanol–water partition coefficient (Wildman–Crippen LogP) is 4.08. The molecule has 3 nitrogen and oxygen atoms in total. The highest BCUT2D eigenvalue weighted by Crippen LogP contribution is 2.21. The first-order chi connectivity index (χ1) is 9.49. The Morgan fingerprint density at radius 1 is 1.10 bits per heavy atom. The number of benzene rings is 2. The lowest BCUT2D eigenvalue weighted by Crippen LogP contribution is -2.13. The Bertz CT molecular complexity index is 615. The Balaban J connectivity index is 2.17. The largest absolute Gasteiger partial charge is 0.508 e. The highest BCUT2D eigenvalue weighted by Gasteiger charge is 2.11. The van der Waals surface area contributed by atoms with E-state index in [1.807, 2.05) is 24.3 Å². The molecule has 0 spiro atoms. The van der Waals surface area contributed by atoms with Crippen molar-refractivity contribution < 1.29 is 9.90 Å². The Labute approximate surface area is 119 Å². The smallest absolute Gasteiger partial charge is 0.256 e. The number of nitrogens with one attached hydrogen (secondary N) is 1. The van der Waals surface area contributed by atoms with Crippen LogP contribution >= 0.6 is 0 Å². The summed E-state index contributed by atoms with van der Waals surface area (Å²) in [6.45, 7) is 5.99. The van der Waals surface area contributed by atoms with Gasteiger partial charge >= 0.3 is 0 Å². The third-order valence-electron chi connectivity index (χ3n) is 3.39. The number of carbonyl (C=O) groups excluding carboxylic acids is 1. The van der Waals surface area contributed by atoms with Gasteiger partial charge in [0.1, 0.15) is 5.75 Å². The van der Waals surface area contributed by atoms with E-state index in [-0.39, 0.29) is 11.7 Å². The van der Waals surface area contributed by atoms with E-state index in [4.69, 9.17) is 0 Å². The summed E-state index contributed by atoms with van der Waals surface area (Å²) in [4.78, 5) is 12.2. The maximum atomic E-state index is 12.2. The summed E-state index contributed by atoms with van der Waals surface area (Å²) in [6, 6.07) is 12.7. The lowest BCUT2D eigenvalue weighted by molar-refractivity contribution is 0.102. The summed E-state index contributed by atoms with van der Waals surface area (Å²) in [5.41, 5.74) is 3.06. The standard InChI is InChI=1S/C17H19NO2/c1-11(2)13-7-9-14(10-8-13)18-17(20)15-5-4-6-16(19)12(15)3/h4-11,19H,1-3H3,(H,18,20). The molecule has 0 atom stereocenters. The fourth-order valence-corrected chi connectivity index (χ4v) is 2.02. The van der Waals surface area contributed by atoms with Crippen LogP contribution in [0, 0.1) is 6.92 Å². The summed E-state index contributed by atoms with van der Waals surface area (Å²) in [7, 11) is 0. The molecule has 0 fully saturated rings. The maximum Gasteiger partial charge on any atom is 0.256 e. The molecule has 2 N–H and O–H groups in total. The Morgan fingerprint density at radius 2 is 1.75 bits per heavy atom. The number of hydrogen-bond acceptors (Lipinski definition) is 2. The molecule has 3 heteroatoms. The van der Waals surface area contributed by atoms with Gasteiger partial charge in [-0.15, -0.1) is 0 Å². The van der Waals surface area contributed by atoms with Crippen LogP contribution in [0.5, 0.6) is 5.75 Å². The number of aromatic hydroxyl groups is 1. The van der Waals surface area contributed by atoms with E-state index in [2.05, 4.69) is 19.2 Å². The van der Waals surface area contributed by atoms with E-state index in [9.17, 15) is 9.90 Å². The average Bonchev–Trinajstić information content (AvgIpc) is 2.42. The zero-order valence-corrected chi connectivity index (χ0v) is 12.0. The summed E-state index contributed by atoms with van der Waals surface area (Å²) >= 11 is 0. The highest BCUT2D eigenvalue weighted by molar-refractivity contribution is 6.05. The van der Waals surface area contributed by atoms with Crippen molar-refractivity contribution in [1.29, 1.82) is 0 Å². The van der Waals surface area contributed by atoms with Crippen molar-refractivity contribution in [2.75, 3.05) is 5.32 Å². The number of hydrogen-bond donors (Lipinski definition) is 2. The maximum absolute atomic E-state index is 12.2. The average molecular weight is 269 g/mol. The summed E-state index contributed by atoms with van der Waals surface area (Å²) in [6.07, 6.45) is 0. The molecule has 2 aromatic rings. The second-order valence-corrected chi connectivity index (χ2v) is 5.18. The molecule has 1 amide bonds. The van der Waals surface area contributed by atoms with Crippen molar-refractivity contribution in [1.82, 2.24) is 0 Å². The Kier molecular flexibility index (Phi) is 4.08. The van der Waals surface area contributed by atoms with Crippen LogP contribution in [0.15, 0.2) is 42.5 Å². The first kappa shape index (κ1) is 14.1. The van der Waals surface area contributed by atoms with Gasteiger partial charge in [-0.2, -0.15) is 0 Å². The number of anilines is 1. The molecule has 0 aliphatic rings. The zero-order valence-electron chi connectivity index (χ0n) is 12.0. The molecule has 0 aliphatic heterocycles. The van der Waals surface area contributed by atoms with Gasteiger partial charge in [-0.25, -0.2) is 0 Å². The molecule has 0 saturated heterocycles. The van der Waals surface area contributed by atoms with Crippen LogP contribution in [-0.2, 0) is 0 Å². The zero-order chi connectivity index (χ0) is 14.7. The normalized spacial score (nSPS) is 10.6. The van der Waals surface area contributed by atoms with E-state index in [1.165, 1.54) is 5.56 Å². The SMILES string of the molecule is Cc1c(O)cccc1C(=O)Nc1ccc(C(C)C)cc1. The molecule has 0 radical (unpaired) electrons. The molecular weight excluding hydrogens is 250 g/mol. The van der Waals surface area contributed by atoms with Crippen LogP contribution in [0.3, 0.4) is 0 Å². The molecule has 0 aromatic heterocycles. The van der Waals surface area contributed by atoms with Gasteiger partial charge in [0.25, 0.3) is 5.91 Å². The van der Waals surface area contributed by atoms with Gasteiger partial charge in [0, 0.05) is 16.8 Å². The minimum Gasteiger partial charge on any atom is -0.508 e. The van der Waals surface area contributed by atoms with Crippen LogP contribution in [0.4, 0.5) is 5.69 Å². The van der Waals surface area contributed by atoms with Gasteiger partial charge in [0.15, 0.2) is 0 Å². The Hall–Kier alpha value is -2.29. The van der Waals surface area contributed by atoms with Crippen molar-refractivity contribution >= 4 is 11.6 Å². The number of rotatable bonds is 3. The molecule has 2 rings (SSSR count). The lowest BCUT2D eigenvalue weighted by atomic mass is 10.0. The monoisotopic (exact) mass is 269 g/mol. The van der Waals surface area contributed by atoms with Gasteiger partial charge < -0.3 is 10.4 Å². The summed E-state index contributed by atoms with van der Waals surface area (Å²) in [5.74, 6) is 0.386. The highest BCUT2D eigenvalue weighted by atomic mass is 16.3. The van der Waals surface area contributed by atoms with E-state index in [1.54, 1.807) is 25.1 Å². The Morgan fingerprint density at radius 3 is 2.35 bits per heavy atom. The second-order valence-electron chi connectivity index (χ2n) is 5.18. The van der Waals surface area contributed by atoms with E-state index >= 15 is 0 Å². The first-order valence-corrected chi connectivity index (χ1v) is 6.69. The second kappa shape index (κ2) is 5.78. The number of amides is 1. The summed E-state index contributed by atoms with van der Waals surface area (Å²) in [5, 5.41) is 12.5. The van der Waals surface area contributed by atoms with Gasteiger partial charge in [0.05, 0.1) is 0 Å². The van der Waals surface area contributed by atoms with Crippen LogP contribution in [0.2, 0.25) is 0 Å². The van der Waals surface area contributed by atoms with Gasteiger partial charge in [-0.05, 0) is 42.7 Å². The molecule has 0 unspecified atom stereocenters. The molecule has 20 heavy (non-hydrogen) atoms. The van der Waals surface area contributed by atoms with E-state index in [0.717, 1.165) is 5.69 Å². The topological polar surface area (TPSA) is 49.3 Å². The lowest BCUT2D eigenvalue weighted by Gasteiger charge is -2.10. The van der Waals surface area contributed by atoms with Crippen molar-refractivity contribution in [2.24, 2.45) is 0 Å². The fraction of sp³-hybridized carbons (Fsp3) is 0.235. The van der Waals surface area contributed by atoms with Crippen molar-refractivity contribution in [3.63, 3.8) is 0 Å². The molecule has 2 aromatic carbocycles. The number of phenolic OH excluding ortho intramolecular Hbond substituents is 1. The van der Waals surface area contributed by atoms with Crippen molar-refractivity contribution in [3.05, 3.63) is 59.2 Å². The van der Waals surface area contributed by atoms with Crippen LogP contribution in [0.25, 0.3) is 0 Å². The van der Waals surface area contributed by atoms with E-state index < -0.39 is 0 Å². The fourth-order valence-electron chi connectivity index (χ4n) is 2.02. The van der Waals surface area contributed by atoms with E-state index in [0.29, 0.717) is 17.0 Å². The van der Waals surface area contributed by atoms with Gasteiger partial charge in [-0.1, -0.05) is 32.0 Å². The first-order valence-electron chi connectivity index (χ1n) is 6.69. The third-order valence-corrected chi connectivity index (χ3v) is 3.39. The molecule has 0 saturated carbocycles. The molecular formula is C17H19NO2. The van der Waals surface area contributed by atoms with Crippen LogP contribution in [0.1, 0.15) is 41.3 Å². The van der Waals surface area contributed by atoms with Gasteiger partial charge in [0.2, 0.25) is 0 Å². The van der Waals surface area contributed by atoms with Crippen LogP contribution in [-0.4, -0.2) is 11.0 Å². The number of phenols is 1. The van der Waals surface area contributed by atoms with Crippen molar-refractivity contribution in [3.8, 4) is 5.75 Å². The minimum absolute atomic E-state index is 0.132. The quantitative estimate of drug-likeness (QED) is 0.882. The van der Waals surface area contributed by atoms with Gasteiger partial charge in [-0.3, -0.25) is 4.79 Å². The molecule has 0 aliphatic carbocycles.